The van der Waals surface area contributed by atoms with E-state index in [4.69, 9.17) is 10.2 Å². The van der Waals surface area contributed by atoms with Crippen LogP contribution in [0.25, 0.3) is 0 Å². The molecule has 9 heteroatoms. The fourth-order valence-corrected chi connectivity index (χ4v) is 2.09. The fourth-order valence-electron chi connectivity index (χ4n) is 1.83. The Morgan fingerprint density at radius 1 is 1.30 bits per heavy atom. The largest absolute Gasteiger partial charge is 0.480 e. The summed E-state index contributed by atoms with van der Waals surface area (Å²) in [7, 11) is 0. The van der Waals surface area contributed by atoms with Gasteiger partial charge in [0.2, 0.25) is 11.8 Å². The SMILES string of the molecule is O=C(O)C(CO)NC(=O)C(CS)NC(=O)C1CCCN1. The number of nitrogens with one attached hydrogen (secondary N) is 3. The zero-order chi connectivity index (χ0) is 15.1. The first-order chi connectivity index (χ1) is 9.49. The van der Waals surface area contributed by atoms with E-state index < -0.39 is 30.6 Å². The van der Waals surface area contributed by atoms with Crippen LogP contribution in [0.1, 0.15) is 12.8 Å². The van der Waals surface area contributed by atoms with Crippen LogP contribution in [0.5, 0.6) is 0 Å². The van der Waals surface area contributed by atoms with Gasteiger partial charge in [-0.05, 0) is 19.4 Å². The van der Waals surface area contributed by atoms with E-state index >= 15 is 0 Å². The van der Waals surface area contributed by atoms with Gasteiger partial charge in [0.05, 0.1) is 12.6 Å². The van der Waals surface area contributed by atoms with Gasteiger partial charge >= 0.3 is 5.97 Å². The lowest BCUT2D eigenvalue weighted by molar-refractivity contribution is -0.143. The van der Waals surface area contributed by atoms with Crippen molar-refractivity contribution < 1.29 is 24.6 Å². The van der Waals surface area contributed by atoms with Crippen molar-refractivity contribution in [3.63, 3.8) is 0 Å². The zero-order valence-electron chi connectivity index (χ0n) is 10.8. The van der Waals surface area contributed by atoms with Gasteiger partial charge in [0, 0.05) is 5.75 Å². The van der Waals surface area contributed by atoms with Gasteiger partial charge in [-0.3, -0.25) is 9.59 Å². The molecule has 0 aromatic carbocycles. The van der Waals surface area contributed by atoms with Crippen molar-refractivity contribution in [3.05, 3.63) is 0 Å². The lowest BCUT2D eigenvalue weighted by Gasteiger charge is -2.20. The van der Waals surface area contributed by atoms with Crippen LogP contribution >= 0.6 is 12.6 Å². The highest BCUT2D eigenvalue weighted by atomic mass is 32.1. The Labute approximate surface area is 121 Å². The van der Waals surface area contributed by atoms with Crippen LogP contribution in [0.4, 0.5) is 0 Å². The van der Waals surface area contributed by atoms with Gasteiger partial charge < -0.3 is 26.2 Å². The second-order valence-electron chi connectivity index (χ2n) is 4.47. The molecule has 20 heavy (non-hydrogen) atoms. The quantitative estimate of drug-likeness (QED) is 0.294. The minimum Gasteiger partial charge on any atom is -0.480 e. The van der Waals surface area contributed by atoms with Crippen LogP contribution in [-0.2, 0) is 14.4 Å². The lowest BCUT2D eigenvalue weighted by Crippen LogP contribution is -2.55. The smallest absolute Gasteiger partial charge is 0.328 e. The maximum Gasteiger partial charge on any atom is 0.328 e. The molecule has 0 spiro atoms. The minimum atomic E-state index is -1.40. The molecule has 1 fully saturated rings. The Bertz CT molecular complexity index is 373. The van der Waals surface area contributed by atoms with Crippen LogP contribution in [0.3, 0.4) is 0 Å². The highest BCUT2D eigenvalue weighted by Crippen LogP contribution is 2.05. The highest BCUT2D eigenvalue weighted by Gasteiger charge is 2.28. The molecule has 0 aliphatic carbocycles. The second-order valence-corrected chi connectivity index (χ2v) is 4.84. The molecule has 2 amide bonds. The number of carboxylic acids is 1. The van der Waals surface area contributed by atoms with Gasteiger partial charge in [0.15, 0.2) is 0 Å². The van der Waals surface area contributed by atoms with E-state index in [-0.39, 0.29) is 17.7 Å². The summed E-state index contributed by atoms with van der Waals surface area (Å²) in [5.41, 5.74) is 0. The monoisotopic (exact) mass is 305 g/mol. The standard InChI is InChI=1S/C11H19N3O5S/c15-4-7(11(18)19)13-10(17)8(5-20)14-9(16)6-2-1-3-12-6/h6-8,12,15,20H,1-5H2,(H,13,17)(H,14,16)(H,18,19). The van der Waals surface area contributed by atoms with Crippen LogP contribution in [0, 0.1) is 0 Å². The summed E-state index contributed by atoms with van der Waals surface area (Å²) in [6.07, 6.45) is 1.59. The van der Waals surface area contributed by atoms with E-state index in [0.29, 0.717) is 6.42 Å². The molecule has 0 saturated carbocycles. The predicted octanol–water partition coefficient (Wildman–Crippen LogP) is -2.29. The van der Waals surface area contributed by atoms with E-state index in [1.807, 2.05) is 0 Å². The Morgan fingerprint density at radius 2 is 2.00 bits per heavy atom. The van der Waals surface area contributed by atoms with E-state index in [1.165, 1.54) is 0 Å². The Balaban J connectivity index is 2.53. The summed E-state index contributed by atoms with van der Waals surface area (Å²) in [5, 5.41) is 25.2. The number of hydrogen-bond donors (Lipinski definition) is 6. The molecule has 1 aliphatic heterocycles. The van der Waals surface area contributed by atoms with Gasteiger partial charge in [-0.1, -0.05) is 0 Å². The van der Waals surface area contributed by atoms with Crippen molar-refractivity contribution in [2.75, 3.05) is 18.9 Å². The van der Waals surface area contributed by atoms with Gasteiger partial charge in [-0.2, -0.15) is 12.6 Å². The first-order valence-corrected chi connectivity index (χ1v) is 6.91. The number of aliphatic hydroxyl groups is 1. The minimum absolute atomic E-state index is 0.0298. The number of aliphatic carboxylic acids is 1. The van der Waals surface area contributed by atoms with Gasteiger partial charge in [-0.25, -0.2) is 4.79 Å². The molecule has 3 unspecified atom stereocenters. The molecule has 0 aromatic heterocycles. The molecule has 5 N–H and O–H groups in total. The number of thiol groups is 1. The molecule has 0 aromatic rings. The van der Waals surface area contributed by atoms with Gasteiger partial charge in [0.1, 0.15) is 12.1 Å². The van der Waals surface area contributed by atoms with E-state index in [1.54, 1.807) is 0 Å². The van der Waals surface area contributed by atoms with Crippen LogP contribution in [0.15, 0.2) is 0 Å². The first-order valence-electron chi connectivity index (χ1n) is 6.28. The van der Waals surface area contributed by atoms with Crippen molar-refractivity contribution in [2.24, 2.45) is 0 Å². The lowest BCUT2D eigenvalue weighted by atomic mass is 10.2. The molecule has 1 rings (SSSR count). The molecule has 114 valence electrons. The third-order valence-electron chi connectivity index (χ3n) is 2.99. The predicted molar refractivity (Wildman–Crippen MR) is 73.5 cm³/mol. The molecule has 1 saturated heterocycles. The number of hydrogen-bond acceptors (Lipinski definition) is 6. The highest BCUT2D eigenvalue weighted by molar-refractivity contribution is 7.80. The Hall–Kier alpha value is -1.32. The molecule has 1 heterocycles. The summed E-state index contributed by atoms with van der Waals surface area (Å²) >= 11 is 3.97. The summed E-state index contributed by atoms with van der Waals surface area (Å²) in [6.45, 7) is 0.0277. The van der Waals surface area contributed by atoms with E-state index in [0.717, 1.165) is 13.0 Å². The Morgan fingerprint density at radius 3 is 2.45 bits per heavy atom. The van der Waals surface area contributed by atoms with Crippen LogP contribution in [0.2, 0.25) is 0 Å². The summed E-state index contributed by atoms with van der Waals surface area (Å²) in [5.74, 6) is -2.31. The van der Waals surface area contributed by atoms with E-state index in [9.17, 15) is 14.4 Å². The molecular formula is C11H19N3O5S. The molecule has 0 bridgehead atoms. The van der Waals surface area contributed by atoms with Crippen molar-refractivity contribution in [1.82, 2.24) is 16.0 Å². The summed E-state index contributed by atoms with van der Waals surface area (Å²) in [4.78, 5) is 34.4. The molecular weight excluding hydrogens is 286 g/mol. The second kappa shape index (κ2) is 8.08. The number of aliphatic hydroxyl groups excluding tert-OH is 1. The average Bonchev–Trinajstić information content (AvgIpc) is 2.95. The van der Waals surface area contributed by atoms with Crippen LogP contribution < -0.4 is 16.0 Å². The van der Waals surface area contributed by atoms with Crippen molar-refractivity contribution >= 4 is 30.4 Å². The first kappa shape index (κ1) is 16.7. The number of carboxylic acid groups (broad SMARTS) is 1. The Kier molecular flexibility index (Phi) is 6.76. The number of amides is 2. The third-order valence-corrected chi connectivity index (χ3v) is 3.35. The van der Waals surface area contributed by atoms with Gasteiger partial charge in [-0.15, -0.1) is 0 Å². The van der Waals surface area contributed by atoms with Crippen molar-refractivity contribution in [2.45, 2.75) is 31.0 Å². The molecule has 8 nitrogen and oxygen atoms in total. The van der Waals surface area contributed by atoms with Gasteiger partial charge in [0.25, 0.3) is 0 Å². The molecule has 1 aliphatic rings. The average molecular weight is 305 g/mol. The van der Waals surface area contributed by atoms with Crippen LogP contribution in [-0.4, -0.2) is 65.0 Å². The van der Waals surface area contributed by atoms with Crippen molar-refractivity contribution in [1.29, 1.82) is 0 Å². The third kappa shape index (κ3) is 4.66. The molecule has 0 radical (unpaired) electrons. The zero-order valence-corrected chi connectivity index (χ0v) is 11.7. The normalized spacial score (nSPS) is 21.0. The van der Waals surface area contributed by atoms with Crippen molar-refractivity contribution in [3.8, 4) is 0 Å². The van der Waals surface area contributed by atoms with E-state index in [2.05, 4.69) is 28.6 Å². The fraction of sp³-hybridized carbons (Fsp3) is 0.727. The summed E-state index contributed by atoms with van der Waals surface area (Å²) < 4.78 is 0. The number of carbonyl (C=O) groups is 3. The summed E-state index contributed by atoms with van der Waals surface area (Å²) in [6, 6.07) is -2.67. The number of rotatable bonds is 7. The number of carbonyl (C=O) groups excluding carboxylic acids is 2. The maximum absolute atomic E-state index is 11.9. The topological polar surface area (TPSA) is 128 Å². The maximum atomic E-state index is 11.9. The molecule has 3 atom stereocenters.